The zero-order valence-corrected chi connectivity index (χ0v) is 29.3. The molecule has 1 saturated carbocycles. The van der Waals surface area contributed by atoms with Gasteiger partial charge in [-0.25, -0.2) is 9.86 Å². The molecule has 3 rings (SSSR count). The van der Waals surface area contributed by atoms with Gasteiger partial charge in [-0.2, -0.15) is 0 Å². The van der Waals surface area contributed by atoms with Crippen LogP contribution < -0.4 is 21.7 Å². The normalized spacial score (nSPS) is 21.3. The summed E-state index contributed by atoms with van der Waals surface area (Å²) >= 11 is 0. The van der Waals surface area contributed by atoms with E-state index in [4.69, 9.17) is 20.9 Å². The Bertz CT molecular complexity index is 1240. The molecule has 12 heteroatoms. The Labute approximate surface area is 279 Å². The van der Waals surface area contributed by atoms with Crippen molar-refractivity contribution in [3.63, 3.8) is 0 Å². The van der Waals surface area contributed by atoms with Crippen molar-refractivity contribution in [2.24, 2.45) is 34.1 Å². The number of alkyl carbamates (subject to hydrolysis) is 1. The Hall–Kier alpha value is -3.22. The van der Waals surface area contributed by atoms with Gasteiger partial charge >= 0.3 is 12.1 Å². The van der Waals surface area contributed by atoms with E-state index in [1.54, 1.807) is 4.90 Å². The number of ether oxygens (including phenoxy) is 2. The molecular weight excluding hydrogens is 602 g/mol. The standard InChI is InChI=1S/C35H57N5O7/c1-22(2)30(37)31(42)47-27-14-12-24(13-15-27)35(5,6)32(43)40(45)17-16-25(36)19-34(3,4)20-29(41)39-21-26(38-33(44)46-7)18-23-10-8-9-11-28(23)39/h8-11,22,24-27,30,45H,12-21,36-37H2,1-7H3,(H,38,44)/t24?,25-,26?,27?,30?/m1/s1. The van der Waals surface area contributed by atoms with Crippen LogP contribution in [0.15, 0.2) is 24.3 Å². The van der Waals surface area contributed by atoms with Crippen LogP contribution in [0, 0.1) is 22.7 Å². The average molecular weight is 660 g/mol. The predicted octanol–water partition coefficient (Wildman–Crippen LogP) is 4.15. The molecule has 6 N–H and O–H groups in total. The van der Waals surface area contributed by atoms with Gasteiger partial charge in [-0.05, 0) is 73.8 Å². The summed E-state index contributed by atoms with van der Waals surface area (Å²) in [6.45, 7) is 11.8. The molecule has 12 nitrogen and oxygen atoms in total. The van der Waals surface area contributed by atoms with E-state index in [1.807, 2.05) is 65.8 Å². The number of nitrogens with two attached hydrogens (primary N) is 2. The Balaban J connectivity index is 1.50. The number of carbonyl (C=O) groups is 4. The van der Waals surface area contributed by atoms with Gasteiger partial charge in [0.15, 0.2) is 0 Å². The van der Waals surface area contributed by atoms with Crippen molar-refractivity contribution in [1.29, 1.82) is 0 Å². The molecule has 1 heterocycles. The maximum atomic E-state index is 13.6. The third-order valence-corrected chi connectivity index (χ3v) is 9.87. The Morgan fingerprint density at radius 3 is 2.32 bits per heavy atom. The number of amides is 3. The highest BCUT2D eigenvalue weighted by Gasteiger charge is 2.42. The van der Waals surface area contributed by atoms with E-state index in [2.05, 4.69) is 5.32 Å². The molecule has 1 fully saturated rings. The molecule has 0 spiro atoms. The maximum Gasteiger partial charge on any atom is 0.407 e. The van der Waals surface area contributed by atoms with Crippen LogP contribution in [-0.4, -0.2) is 78.6 Å². The second-order valence-electron chi connectivity index (χ2n) is 15.1. The second kappa shape index (κ2) is 16.3. The fourth-order valence-electron chi connectivity index (χ4n) is 6.86. The van der Waals surface area contributed by atoms with Crippen LogP contribution in [-0.2, 0) is 30.3 Å². The summed E-state index contributed by atoms with van der Waals surface area (Å²) in [6, 6.07) is 6.40. The summed E-state index contributed by atoms with van der Waals surface area (Å²) in [4.78, 5) is 52.9. The first-order chi connectivity index (χ1) is 21.9. The first-order valence-corrected chi connectivity index (χ1v) is 16.9. The summed E-state index contributed by atoms with van der Waals surface area (Å²) in [5, 5.41) is 14.4. The fourth-order valence-corrected chi connectivity index (χ4v) is 6.86. The molecule has 0 saturated heterocycles. The van der Waals surface area contributed by atoms with Crippen LogP contribution in [0.5, 0.6) is 0 Å². The van der Waals surface area contributed by atoms with E-state index in [0.717, 1.165) is 16.3 Å². The lowest BCUT2D eigenvalue weighted by Crippen LogP contribution is -2.51. The van der Waals surface area contributed by atoms with Crippen molar-refractivity contribution in [3.05, 3.63) is 29.8 Å². The number of hydroxylamine groups is 2. The summed E-state index contributed by atoms with van der Waals surface area (Å²) < 4.78 is 10.4. The van der Waals surface area contributed by atoms with Crippen LogP contribution in [0.2, 0.25) is 0 Å². The van der Waals surface area contributed by atoms with E-state index in [-0.39, 0.29) is 60.8 Å². The Morgan fingerprint density at radius 1 is 1.06 bits per heavy atom. The first kappa shape index (κ1) is 38.2. The van der Waals surface area contributed by atoms with Gasteiger partial charge in [0.2, 0.25) is 5.91 Å². The van der Waals surface area contributed by atoms with Gasteiger partial charge in [0.05, 0.1) is 13.2 Å². The number of nitrogens with one attached hydrogen (secondary N) is 1. The molecular formula is C35H57N5O7. The molecule has 1 aliphatic carbocycles. The highest BCUT2D eigenvalue weighted by molar-refractivity contribution is 5.95. The van der Waals surface area contributed by atoms with Crippen molar-refractivity contribution in [1.82, 2.24) is 10.4 Å². The van der Waals surface area contributed by atoms with Crippen molar-refractivity contribution >= 4 is 29.6 Å². The largest absolute Gasteiger partial charge is 0.461 e. The number of benzene rings is 1. The molecule has 0 aromatic heterocycles. The Morgan fingerprint density at radius 2 is 1.70 bits per heavy atom. The second-order valence-corrected chi connectivity index (χ2v) is 15.1. The van der Waals surface area contributed by atoms with Crippen LogP contribution in [0.1, 0.15) is 92.1 Å². The maximum absolute atomic E-state index is 13.6. The summed E-state index contributed by atoms with van der Waals surface area (Å²) in [6.07, 6.45) is 3.65. The van der Waals surface area contributed by atoms with Crippen LogP contribution in [0.25, 0.3) is 0 Å². The molecule has 1 aliphatic heterocycles. The van der Waals surface area contributed by atoms with Crippen LogP contribution in [0.4, 0.5) is 10.5 Å². The van der Waals surface area contributed by atoms with Gasteiger partial charge in [-0.3, -0.25) is 19.6 Å². The summed E-state index contributed by atoms with van der Waals surface area (Å²) in [7, 11) is 1.31. The number of esters is 1. The van der Waals surface area contributed by atoms with E-state index in [0.29, 0.717) is 51.5 Å². The average Bonchev–Trinajstić information content (AvgIpc) is 3.01. The van der Waals surface area contributed by atoms with E-state index < -0.39 is 23.0 Å². The number of hydrogen-bond acceptors (Lipinski definition) is 9. The molecule has 47 heavy (non-hydrogen) atoms. The summed E-state index contributed by atoms with van der Waals surface area (Å²) in [5.74, 6) is -0.794. The van der Waals surface area contributed by atoms with Gasteiger partial charge in [-0.15, -0.1) is 0 Å². The van der Waals surface area contributed by atoms with Crippen molar-refractivity contribution in [2.45, 2.75) is 117 Å². The van der Waals surface area contributed by atoms with Gasteiger partial charge in [0.1, 0.15) is 12.1 Å². The monoisotopic (exact) mass is 659 g/mol. The molecule has 2 aliphatic rings. The third-order valence-electron chi connectivity index (χ3n) is 9.87. The smallest absolute Gasteiger partial charge is 0.407 e. The molecule has 3 atom stereocenters. The molecule has 0 bridgehead atoms. The number of carbonyl (C=O) groups excluding carboxylic acids is 4. The highest BCUT2D eigenvalue weighted by Crippen LogP contribution is 2.40. The van der Waals surface area contributed by atoms with Crippen molar-refractivity contribution in [2.75, 3.05) is 25.1 Å². The minimum Gasteiger partial charge on any atom is -0.461 e. The number of methoxy groups -OCH3 is 1. The van der Waals surface area contributed by atoms with E-state index in [1.165, 1.54) is 7.11 Å². The number of fused-ring (bicyclic) bond motifs is 1. The minimum absolute atomic E-state index is 0.00312. The van der Waals surface area contributed by atoms with Gasteiger partial charge < -0.3 is 31.2 Å². The molecule has 3 amide bonds. The molecule has 2 unspecified atom stereocenters. The number of rotatable bonds is 13. The van der Waals surface area contributed by atoms with Crippen molar-refractivity contribution in [3.8, 4) is 0 Å². The van der Waals surface area contributed by atoms with Gasteiger partial charge in [0, 0.05) is 36.7 Å². The Kier molecular flexibility index (Phi) is 13.2. The third kappa shape index (κ3) is 10.4. The molecule has 1 aromatic rings. The highest BCUT2D eigenvalue weighted by atomic mass is 16.5. The fraction of sp³-hybridized carbons (Fsp3) is 0.714. The number of para-hydroxylation sites is 1. The number of nitrogens with zero attached hydrogens (tertiary/aromatic N) is 2. The zero-order valence-electron chi connectivity index (χ0n) is 29.3. The predicted molar refractivity (Wildman–Crippen MR) is 179 cm³/mol. The lowest BCUT2D eigenvalue weighted by atomic mass is 9.70. The first-order valence-electron chi connectivity index (χ1n) is 16.9. The lowest BCUT2D eigenvalue weighted by Gasteiger charge is -2.39. The van der Waals surface area contributed by atoms with E-state index in [9.17, 15) is 24.4 Å². The number of hydrogen-bond donors (Lipinski definition) is 4. The van der Waals surface area contributed by atoms with Gasteiger partial charge in [-0.1, -0.05) is 59.7 Å². The topological polar surface area (TPSA) is 178 Å². The van der Waals surface area contributed by atoms with Crippen LogP contribution in [0.3, 0.4) is 0 Å². The molecule has 264 valence electrons. The zero-order chi connectivity index (χ0) is 35.1. The van der Waals surface area contributed by atoms with Gasteiger partial charge in [0.25, 0.3) is 5.91 Å². The van der Waals surface area contributed by atoms with Crippen molar-refractivity contribution < 1.29 is 33.9 Å². The summed E-state index contributed by atoms with van der Waals surface area (Å²) in [5.41, 5.74) is 13.0. The minimum atomic E-state index is -0.806. The number of anilines is 1. The lowest BCUT2D eigenvalue weighted by molar-refractivity contribution is -0.180. The van der Waals surface area contributed by atoms with E-state index >= 15 is 0 Å². The molecule has 1 aromatic carbocycles. The quantitative estimate of drug-likeness (QED) is 0.138. The SMILES string of the molecule is COC(=O)NC1Cc2ccccc2N(C(=O)CC(C)(C)C[C@H](N)CCN(O)C(=O)C(C)(C)C2CCC(OC(=O)C(N)C(C)C)CC2)C1. The molecule has 0 radical (unpaired) electrons. The van der Waals surface area contributed by atoms with Crippen LogP contribution >= 0.6 is 0 Å².